The topological polar surface area (TPSA) is 88.4 Å². The number of benzene rings is 1. The van der Waals surface area contributed by atoms with Crippen molar-refractivity contribution < 1.29 is 17.6 Å². The molecule has 0 saturated carbocycles. The van der Waals surface area contributed by atoms with Crippen LogP contribution in [0.15, 0.2) is 58.1 Å². The van der Waals surface area contributed by atoms with E-state index in [2.05, 4.69) is 10.0 Å². The molecular formula is C18H22N2O4S. The van der Waals surface area contributed by atoms with Gasteiger partial charge in [0.2, 0.25) is 15.9 Å². The van der Waals surface area contributed by atoms with Crippen LogP contribution in [0, 0.1) is 0 Å². The summed E-state index contributed by atoms with van der Waals surface area (Å²) in [6.45, 7) is 5.78. The normalized spacial score (nSPS) is 12.4. The van der Waals surface area contributed by atoms with E-state index in [0.29, 0.717) is 5.76 Å². The zero-order valence-electron chi connectivity index (χ0n) is 14.4. The minimum atomic E-state index is -3.62. The van der Waals surface area contributed by atoms with Crippen LogP contribution < -0.4 is 10.0 Å². The van der Waals surface area contributed by atoms with E-state index in [1.54, 1.807) is 30.3 Å². The molecule has 25 heavy (non-hydrogen) atoms. The quantitative estimate of drug-likeness (QED) is 0.773. The third-order valence-corrected chi connectivity index (χ3v) is 4.55. The molecule has 7 heteroatoms. The van der Waals surface area contributed by atoms with Gasteiger partial charge in [-0.25, -0.2) is 13.1 Å². The fourth-order valence-electron chi connectivity index (χ4n) is 2.00. The standard InChI is InChI=1S/C18H22N2O4S/c1-18(2,3)20-17(21)11-8-14-6-9-16(10-7-14)25(22,23)19-13-15-5-4-12-24-15/h4-12,19H,13H2,1-3H3,(H,20,21)/b11-8+. The maximum Gasteiger partial charge on any atom is 0.244 e. The van der Waals surface area contributed by atoms with Gasteiger partial charge in [-0.3, -0.25) is 4.79 Å². The lowest BCUT2D eigenvalue weighted by molar-refractivity contribution is -0.117. The van der Waals surface area contributed by atoms with Gasteiger partial charge >= 0.3 is 0 Å². The number of nitrogens with one attached hydrogen (secondary N) is 2. The van der Waals surface area contributed by atoms with Gasteiger partial charge in [-0.15, -0.1) is 0 Å². The first-order chi connectivity index (χ1) is 11.7. The summed E-state index contributed by atoms with van der Waals surface area (Å²) in [7, 11) is -3.62. The Morgan fingerprint density at radius 2 is 1.84 bits per heavy atom. The van der Waals surface area contributed by atoms with Gasteiger partial charge in [-0.05, 0) is 56.7 Å². The van der Waals surface area contributed by atoms with Crippen molar-refractivity contribution >= 4 is 22.0 Å². The summed E-state index contributed by atoms with van der Waals surface area (Å²) in [5.74, 6) is 0.331. The number of hydrogen-bond acceptors (Lipinski definition) is 4. The van der Waals surface area contributed by atoms with Crippen molar-refractivity contribution in [3.05, 3.63) is 60.1 Å². The average Bonchev–Trinajstić information content (AvgIpc) is 3.03. The summed E-state index contributed by atoms with van der Waals surface area (Å²) in [6.07, 6.45) is 4.54. The number of carbonyl (C=O) groups excluding carboxylic acids is 1. The van der Waals surface area contributed by atoms with Crippen molar-refractivity contribution in [2.24, 2.45) is 0 Å². The Labute approximate surface area is 148 Å². The third kappa shape index (κ3) is 6.21. The molecule has 2 N–H and O–H groups in total. The predicted molar refractivity (Wildman–Crippen MR) is 96.1 cm³/mol. The lowest BCUT2D eigenvalue weighted by Gasteiger charge is -2.18. The Morgan fingerprint density at radius 1 is 1.16 bits per heavy atom. The molecule has 0 radical (unpaired) electrons. The molecule has 2 rings (SSSR count). The molecule has 6 nitrogen and oxygen atoms in total. The summed E-state index contributed by atoms with van der Waals surface area (Å²) in [4.78, 5) is 11.9. The van der Waals surface area contributed by atoms with Gasteiger partial charge in [0, 0.05) is 11.6 Å². The van der Waals surface area contributed by atoms with E-state index in [9.17, 15) is 13.2 Å². The molecular weight excluding hydrogens is 340 g/mol. The molecule has 0 bridgehead atoms. The molecule has 0 saturated heterocycles. The number of hydrogen-bond donors (Lipinski definition) is 2. The summed E-state index contributed by atoms with van der Waals surface area (Å²) >= 11 is 0. The lowest BCUT2D eigenvalue weighted by Crippen LogP contribution is -2.39. The van der Waals surface area contributed by atoms with Crippen LogP contribution in [0.3, 0.4) is 0 Å². The fraction of sp³-hybridized carbons (Fsp3) is 0.278. The largest absolute Gasteiger partial charge is 0.468 e. The highest BCUT2D eigenvalue weighted by atomic mass is 32.2. The van der Waals surface area contributed by atoms with Crippen LogP contribution in [-0.2, 0) is 21.4 Å². The van der Waals surface area contributed by atoms with E-state index in [1.807, 2.05) is 20.8 Å². The molecule has 1 aromatic carbocycles. The Hall–Kier alpha value is -2.38. The van der Waals surface area contributed by atoms with Gasteiger partial charge in [0.1, 0.15) is 5.76 Å². The Bertz CT molecular complexity index is 830. The molecule has 1 amide bonds. The van der Waals surface area contributed by atoms with Crippen molar-refractivity contribution in [1.29, 1.82) is 0 Å². The summed E-state index contributed by atoms with van der Waals surface area (Å²) < 4.78 is 32.0. The van der Waals surface area contributed by atoms with Crippen LogP contribution >= 0.6 is 0 Å². The van der Waals surface area contributed by atoms with Gasteiger partial charge in [0.15, 0.2) is 0 Å². The van der Waals surface area contributed by atoms with Gasteiger partial charge in [-0.1, -0.05) is 12.1 Å². The SMILES string of the molecule is CC(C)(C)NC(=O)/C=C/c1ccc(S(=O)(=O)NCc2ccco2)cc1. The van der Waals surface area contributed by atoms with Crippen LogP contribution in [0.1, 0.15) is 32.1 Å². The van der Waals surface area contributed by atoms with Crippen LogP contribution in [0.2, 0.25) is 0 Å². The summed E-state index contributed by atoms with van der Waals surface area (Å²) in [6, 6.07) is 9.65. The van der Waals surface area contributed by atoms with Crippen molar-refractivity contribution in [3.63, 3.8) is 0 Å². The molecule has 1 aromatic heterocycles. The van der Waals surface area contributed by atoms with E-state index in [4.69, 9.17) is 4.42 Å². The van der Waals surface area contributed by atoms with Crippen molar-refractivity contribution in [1.82, 2.24) is 10.0 Å². The molecule has 0 spiro atoms. The monoisotopic (exact) mass is 362 g/mol. The highest BCUT2D eigenvalue weighted by Gasteiger charge is 2.14. The van der Waals surface area contributed by atoms with Gasteiger partial charge in [-0.2, -0.15) is 0 Å². The van der Waals surface area contributed by atoms with E-state index in [-0.39, 0.29) is 22.9 Å². The lowest BCUT2D eigenvalue weighted by atomic mass is 10.1. The van der Waals surface area contributed by atoms with Crippen LogP contribution in [-0.4, -0.2) is 19.9 Å². The molecule has 2 aromatic rings. The van der Waals surface area contributed by atoms with Gasteiger partial charge < -0.3 is 9.73 Å². The fourth-order valence-corrected chi connectivity index (χ4v) is 3.00. The van der Waals surface area contributed by atoms with Crippen molar-refractivity contribution in [3.8, 4) is 0 Å². The summed E-state index contributed by atoms with van der Waals surface area (Å²) in [5.41, 5.74) is 0.424. The minimum absolute atomic E-state index is 0.0873. The molecule has 0 atom stereocenters. The first-order valence-corrected chi connectivity index (χ1v) is 9.26. The third-order valence-electron chi connectivity index (χ3n) is 3.13. The molecule has 0 aliphatic rings. The number of carbonyl (C=O) groups is 1. The minimum Gasteiger partial charge on any atom is -0.468 e. The second-order valence-corrected chi connectivity index (χ2v) is 8.31. The van der Waals surface area contributed by atoms with E-state index in [0.717, 1.165) is 5.56 Å². The Balaban J connectivity index is 2.00. The zero-order chi connectivity index (χ0) is 18.5. The van der Waals surface area contributed by atoms with Crippen LogP contribution in [0.4, 0.5) is 0 Å². The molecule has 134 valence electrons. The van der Waals surface area contributed by atoms with Crippen LogP contribution in [0.5, 0.6) is 0 Å². The number of amides is 1. The maximum atomic E-state index is 12.2. The van der Waals surface area contributed by atoms with Crippen molar-refractivity contribution in [2.75, 3.05) is 0 Å². The molecule has 0 fully saturated rings. The Morgan fingerprint density at radius 3 is 2.40 bits per heavy atom. The van der Waals surface area contributed by atoms with E-state index < -0.39 is 10.0 Å². The zero-order valence-corrected chi connectivity index (χ0v) is 15.3. The second-order valence-electron chi connectivity index (χ2n) is 6.55. The second kappa shape index (κ2) is 7.67. The molecule has 0 aliphatic carbocycles. The summed E-state index contributed by atoms with van der Waals surface area (Å²) in [5, 5.41) is 2.81. The van der Waals surface area contributed by atoms with Gasteiger partial charge in [0.05, 0.1) is 17.7 Å². The van der Waals surface area contributed by atoms with E-state index in [1.165, 1.54) is 24.5 Å². The van der Waals surface area contributed by atoms with Crippen LogP contribution in [0.25, 0.3) is 6.08 Å². The number of rotatable bonds is 6. The van der Waals surface area contributed by atoms with Gasteiger partial charge in [0.25, 0.3) is 0 Å². The Kier molecular flexibility index (Phi) is 5.81. The number of furan rings is 1. The molecule has 0 unspecified atom stereocenters. The first kappa shape index (κ1) is 19.0. The smallest absolute Gasteiger partial charge is 0.244 e. The molecule has 1 heterocycles. The number of sulfonamides is 1. The highest BCUT2D eigenvalue weighted by molar-refractivity contribution is 7.89. The highest BCUT2D eigenvalue weighted by Crippen LogP contribution is 2.12. The average molecular weight is 362 g/mol. The maximum absolute atomic E-state index is 12.2. The first-order valence-electron chi connectivity index (χ1n) is 7.78. The van der Waals surface area contributed by atoms with Crippen molar-refractivity contribution in [2.45, 2.75) is 37.8 Å². The van der Waals surface area contributed by atoms with E-state index >= 15 is 0 Å². The molecule has 0 aliphatic heterocycles. The predicted octanol–water partition coefficient (Wildman–Crippen LogP) is 2.69.